The summed E-state index contributed by atoms with van der Waals surface area (Å²) in [7, 11) is 0. The summed E-state index contributed by atoms with van der Waals surface area (Å²) in [6.45, 7) is 1.96. The Morgan fingerprint density at radius 2 is 2.20 bits per heavy atom. The average molecular weight is 266 g/mol. The number of rotatable bonds is 1. The molecule has 0 fully saturated rings. The van der Waals surface area contributed by atoms with Gasteiger partial charge in [0.1, 0.15) is 0 Å². The van der Waals surface area contributed by atoms with E-state index in [1.807, 2.05) is 25.1 Å². The van der Waals surface area contributed by atoms with Crippen LogP contribution in [0.3, 0.4) is 0 Å². The lowest BCUT2D eigenvalue weighted by Crippen LogP contribution is -1.99. The van der Waals surface area contributed by atoms with E-state index in [1.54, 1.807) is 0 Å². The van der Waals surface area contributed by atoms with Gasteiger partial charge in [0.2, 0.25) is 0 Å². The number of carboxylic acids is 1. The number of hydrogen-bond acceptors (Lipinski definition) is 2. The van der Waals surface area contributed by atoms with Crippen molar-refractivity contribution in [1.29, 1.82) is 0 Å². The number of aromatic nitrogens is 1. The van der Waals surface area contributed by atoms with Gasteiger partial charge in [0.05, 0.1) is 11.1 Å². The summed E-state index contributed by atoms with van der Waals surface area (Å²) in [5.74, 6) is -0.974. The van der Waals surface area contributed by atoms with Gasteiger partial charge in [0, 0.05) is 16.1 Å². The van der Waals surface area contributed by atoms with Crippen molar-refractivity contribution in [2.45, 2.75) is 6.92 Å². The van der Waals surface area contributed by atoms with Crippen molar-refractivity contribution >= 4 is 32.8 Å². The summed E-state index contributed by atoms with van der Waals surface area (Å²) in [6.07, 6.45) is 1.37. The van der Waals surface area contributed by atoms with E-state index in [4.69, 9.17) is 5.11 Å². The highest BCUT2D eigenvalue weighted by atomic mass is 79.9. The van der Waals surface area contributed by atoms with E-state index >= 15 is 0 Å². The van der Waals surface area contributed by atoms with Crippen LogP contribution in [-0.2, 0) is 0 Å². The fourth-order valence-electron chi connectivity index (χ4n) is 1.42. The van der Waals surface area contributed by atoms with Gasteiger partial charge in [-0.2, -0.15) is 0 Å². The molecule has 2 aromatic rings. The van der Waals surface area contributed by atoms with E-state index in [0.29, 0.717) is 4.47 Å². The second kappa shape index (κ2) is 3.62. The highest BCUT2D eigenvalue weighted by molar-refractivity contribution is 9.10. The van der Waals surface area contributed by atoms with Crippen molar-refractivity contribution in [2.24, 2.45) is 0 Å². The molecule has 2 rings (SSSR count). The minimum atomic E-state index is -0.974. The minimum Gasteiger partial charge on any atom is -0.478 e. The molecular formula is C11H8BrNO2. The van der Waals surface area contributed by atoms with Crippen molar-refractivity contribution < 1.29 is 9.90 Å². The first-order valence-corrected chi connectivity index (χ1v) is 5.17. The Kier molecular flexibility index (Phi) is 2.44. The number of benzene rings is 1. The molecule has 0 spiro atoms. The molecule has 1 N–H and O–H groups in total. The van der Waals surface area contributed by atoms with Gasteiger partial charge < -0.3 is 5.11 Å². The number of aryl methyl sites for hydroxylation is 1. The van der Waals surface area contributed by atoms with Crippen LogP contribution in [0.15, 0.2) is 28.9 Å². The van der Waals surface area contributed by atoms with Crippen LogP contribution in [-0.4, -0.2) is 16.1 Å². The summed E-state index contributed by atoms with van der Waals surface area (Å²) in [5, 5.41) is 9.75. The summed E-state index contributed by atoms with van der Waals surface area (Å²) in [5.41, 5.74) is 2.05. The molecule has 0 unspecified atom stereocenters. The molecule has 1 heterocycles. The number of halogens is 1. The fraction of sp³-hybridized carbons (Fsp3) is 0.0909. The van der Waals surface area contributed by atoms with Crippen molar-refractivity contribution in [2.75, 3.05) is 0 Å². The first-order chi connectivity index (χ1) is 7.09. The van der Waals surface area contributed by atoms with Gasteiger partial charge in [-0.05, 0) is 35.0 Å². The molecule has 0 aliphatic rings. The maximum absolute atomic E-state index is 10.9. The third kappa shape index (κ3) is 1.72. The molecule has 0 amide bonds. The van der Waals surface area contributed by atoms with E-state index < -0.39 is 5.97 Å². The molecule has 0 atom stereocenters. The maximum Gasteiger partial charge on any atom is 0.338 e. The predicted octanol–water partition coefficient (Wildman–Crippen LogP) is 3.00. The lowest BCUT2D eigenvalue weighted by molar-refractivity contribution is 0.0695. The molecule has 0 aliphatic heterocycles. The number of fused-ring (bicyclic) bond motifs is 1. The second-order valence-corrected chi connectivity index (χ2v) is 4.10. The molecule has 0 bridgehead atoms. The van der Waals surface area contributed by atoms with Crippen molar-refractivity contribution in [1.82, 2.24) is 4.98 Å². The lowest BCUT2D eigenvalue weighted by Gasteiger charge is -2.04. The van der Waals surface area contributed by atoms with E-state index in [1.165, 1.54) is 6.20 Å². The second-order valence-electron chi connectivity index (χ2n) is 3.31. The zero-order valence-electron chi connectivity index (χ0n) is 7.99. The molecular weight excluding hydrogens is 258 g/mol. The third-order valence-corrected chi connectivity index (χ3v) is 3.04. The standard InChI is InChI=1S/C11H8BrNO2/c1-6-2-3-9-7(4-6)10(12)8(5-13-9)11(14)15/h2-5H,1H3,(H,14,15). The first kappa shape index (κ1) is 10.1. The Bertz CT molecular complexity index is 552. The van der Waals surface area contributed by atoms with Crippen molar-refractivity contribution in [3.63, 3.8) is 0 Å². The highest BCUT2D eigenvalue weighted by Crippen LogP contribution is 2.26. The van der Waals surface area contributed by atoms with Crippen LogP contribution in [0.1, 0.15) is 15.9 Å². The van der Waals surface area contributed by atoms with Crippen molar-refractivity contribution in [3.8, 4) is 0 Å². The van der Waals surface area contributed by atoms with Crippen molar-refractivity contribution in [3.05, 3.63) is 40.0 Å². The Hall–Kier alpha value is -1.42. The molecule has 15 heavy (non-hydrogen) atoms. The number of nitrogens with zero attached hydrogens (tertiary/aromatic N) is 1. The molecule has 0 aliphatic carbocycles. The lowest BCUT2D eigenvalue weighted by atomic mass is 10.1. The quantitative estimate of drug-likeness (QED) is 0.863. The summed E-state index contributed by atoms with van der Waals surface area (Å²) >= 11 is 3.30. The van der Waals surface area contributed by atoms with Gasteiger partial charge in [-0.3, -0.25) is 4.98 Å². The monoisotopic (exact) mass is 265 g/mol. The topological polar surface area (TPSA) is 50.2 Å². The van der Waals surface area contributed by atoms with Gasteiger partial charge in [-0.25, -0.2) is 4.79 Å². The highest BCUT2D eigenvalue weighted by Gasteiger charge is 2.11. The zero-order chi connectivity index (χ0) is 11.0. The van der Waals surface area contributed by atoms with Crippen LogP contribution >= 0.6 is 15.9 Å². The van der Waals surface area contributed by atoms with Gasteiger partial charge in [0.15, 0.2) is 0 Å². The van der Waals surface area contributed by atoms with Gasteiger partial charge in [-0.15, -0.1) is 0 Å². The summed E-state index contributed by atoms with van der Waals surface area (Å²) in [6, 6.07) is 5.74. The van der Waals surface area contributed by atoms with Gasteiger partial charge >= 0.3 is 5.97 Å². The largest absolute Gasteiger partial charge is 0.478 e. The van der Waals surface area contributed by atoms with Gasteiger partial charge in [0.25, 0.3) is 0 Å². The van der Waals surface area contributed by atoms with Crippen LogP contribution in [0.2, 0.25) is 0 Å². The number of hydrogen-bond donors (Lipinski definition) is 1. The van der Waals surface area contributed by atoms with Crippen LogP contribution in [0, 0.1) is 6.92 Å². The number of pyridine rings is 1. The van der Waals surface area contributed by atoms with Crippen LogP contribution in [0.25, 0.3) is 10.9 Å². The van der Waals surface area contributed by atoms with Crippen LogP contribution < -0.4 is 0 Å². The molecule has 0 saturated heterocycles. The first-order valence-electron chi connectivity index (χ1n) is 4.38. The van der Waals surface area contributed by atoms with Crippen LogP contribution in [0.5, 0.6) is 0 Å². The molecule has 1 aromatic carbocycles. The SMILES string of the molecule is Cc1ccc2ncc(C(=O)O)c(Br)c2c1. The van der Waals surface area contributed by atoms with Gasteiger partial charge in [-0.1, -0.05) is 11.6 Å². The normalized spacial score (nSPS) is 10.5. The fourth-order valence-corrected chi connectivity index (χ4v) is 2.01. The number of aromatic carboxylic acids is 1. The molecule has 1 aromatic heterocycles. The Balaban J connectivity index is 2.82. The van der Waals surface area contributed by atoms with Crippen LogP contribution in [0.4, 0.5) is 0 Å². The minimum absolute atomic E-state index is 0.188. The smallest absolute Gasteiger partial charge is 0.338 e. The number of carbonyl (C=O) groups is 1. The maximum atomic E-state index is 10.9. The molecule has 4 heteroatoms. The Morgan fingerprint density at radius 1 is 1.47 bits per heavy atom. The van der Waals surface area contributed by atoms with E-state index in [9.17, 15) is 4.79 Å². The molecule has 0 radical (unpaired) electrons. The zero-order valence-corrected chi connectivity index (χ0v) is 9.58. The summed E-state index contributed by atoms with van der Waals surface area (Å²) in [4.78, 5) is 15.0. The molecule has 76 valence electrons. The molecule has 0 saturated carbocycles. The predicted molar refractivity (Wildman–Crippen MR) is 61.1 cm³/mol. The summed E-state index contributed by atoms with van der Waals surface area (Å²) < 4.78 is 0.587. The Labute approximate surface area is 94.9 Å². The van der Waals surface area contributed by atoms with E-state index in [-0.39, 0.29) is 5.56 Å². The Morgan fingerprint density at radius 3 is 2.87 bits per heavy atom. The van der Waals surface area contributed by atoms with E-state index in [2.05, 4.69) is 20.9 Å². The van der Waals surface area contributed by atoms with E-state index in [0.717, 1.165) is 16.5 Å². The third-order valence-electron chi connectivity index (χ3n) is 2.19. The number of carboxylic acid groups (broad SMARTS) is 1. The average Bonchev–Trinajstić information content (AvgIpc) is 2.19. The molecule has 3 nitrogen and oxygen atoms in total.